The van der Waals surface area contributed by atoms with E-state index in [-0.39, 0.29) is 0 Å². The third-order valence-electron chi connectivity index (χ3n) is 7.92. The first-order chi connectivity index (χ1) is 18.8. The third kappa shape index (κ3) is 16.8. The van der Waals surface area contributed by atoms with Gasteiger partial charge in [0.1, 0.15) is 0 Å². The third-order valence-corrected chi connectivity index (χ3v) is 7.92. The summed E-state index contributed by atoms with van der Waals surface area (Å²) < 4.78 is 0. The van der Waals surface area contributed by atoms with Gasteiger partial charge in [0.2, 0.25) is 0 Å². The second-order valence-electron chi connectivity index (χ2n) is 11.5. The van der Waals surface area contributed by atoms with E-state index >= 15 is 0 Å². The van der Waals surface area contributed by atoms with Gasteiger partial charge in [0.05, 0.1) is 5.69 Å². The summed E-state index contributed by atoms with van der Waals surface area (Å²) in [6.45, 7) is 4.58. The maximum absolute atomic E-state index is 4.70. The van der Waals surface area contributed by atoms with Gasteiger partial charge in [-0.15, -0.1) is 0 Å². The van der Waals surface area contributed by atoms with Gasteiger partial charge >= 0.3 is 0 Å². The molecule has 0 unspecified atom stereocenters. The van der Waals surface area contributed by atoms with Crippen LogP contribution in [-0.4, -0.2) is 6.21 Å². The van der Waals surface area contributed by atoms with Gasteiger partial charge in [-0.25, -0.2) is 0 Å². The highest BCUT2D eigenvalue weighted by Crippen LogP contribution is 2.17. The Hall–Kier alpha value is -1.89. The minimum atomic E-state index is 1.05. The fraction of sp³-hybridized carbons (Fsp3) is 0.649. The molecule has 2 aromatic rings. The molecular formula is C37H59N. The zero-order chi connectivity index (χ0) is 26.9. The van der Waals surface area contributed by atoms with E-state index in [0.29, 0.717) is 0 Å². The average molecular weight is 518 g/mol. The van der Waals surface area contributed by atoms with Crippen LogP contribution >= 0.6 is 0 Å². The highest BCUT2D eigenvalue weighted by Gasteiger charge is 1.98. The van der Waals surface area contributed by atoms with Crippen molar-refractivity contribution >= 4 is 11.9 Å². The summed E-state index contributed by atoms with van der Waals surface area (Å²) >= 11 is 0. The fourth-order valence-electron chi connectivity index (χ4n) is 5.30. The molecule has 0 amide bonds. The molecule has 0 aliphatic carbocycles. The number of benzene rings is 2. The Morgan fingerprint density at radius 1 is 0.421 bits per heavy atom. The zero-order valence-electron chi connectivity index (χ0n) is 25.2. The van der Waals surface area contributed by atoms with Gasteiger partial charge in [-0.3, -0.25) is 4.99 Å². The standard InChI is InChI=1S/C37H59N/c1-3-5-7-9-11-12-13-14-15-16-17-18-20-22-24-35-29-31-37(32-30-35)38-33-36-27-25-34(26-28-36)23-21-19-10-8-6-4-2/h25-33H,3-24H2,1-2H3. The van der Waals surface area contributed by atoms with Crippen molar-refractivity contribution in [2.24, 2.45) is 4.99 Å². The highest BCUT2D eigenvalue weighted by molar-refractivity contribution is 5.81. The molecule has 0 fully saturated rings. The topological polar surface area (TPSA) is 12.4 Å². The number of nitrogens with zero attached hydrogens (tertiary/aromatic N) is 1. The van der Waals surface area contributed by atoms with Gasteiger partial charge in [0.25, 0.3) is 0 Å². The predicted octanol–water partition coefficient (Wildman–Crippen LogP) is 12.4. The lowest BCUT2D eigenvalue weighted by molar-refractivity contribution is 0.535. The van der Waals surface area contributed by atoms with Crippen LogP contribution in [0.3, 0.4) is 0 Å². The summed E-state index contributed by atoms with van der Waals surface area (Å²) in [6.07, 6.45) is 32.4. The van der Waals surface area contributed by atoms with E-state index in [2.05, 4.69) is 62.4 Å². The molecule has 0 spiro atoms. The average Bonchev–Trinajstić information content (AvgIpc) is 2.95. The molecule has 0 saturated heterocycles. The molecule has 1 nitrogen and oxygen atoms in total. The van der Waals surface area contributed by atoms with E-state index in [0.717, 1.165) is 5.69 Å². The van der Waals surface area contributed by atoms with Crippen molar-refractivity contribution in [3.8, 4) is 0 Å². The molecule has 0 aliphatic heterocycles. The van der Waals surface area contributed by atoms with E-state index in [1.165, 1.54) is 158 Å². The molecule has 0 bridgehead atoms. The van der Waals surface area contributed by atoms with Crippen LogP contribution in [0, 0.1) is 0 Å². The van der Waals surface area contributed by atoms with Crippen molar-refractivity contribution in [3.05, 3.63) is 65.2 Å². The highest BCUT2D eigenvalue weighted by atomic mass is 14.7. The number of aryl methyl sites for hydroxylation is 2. The summed E-state index contributed by atoms with van der Waals surface area (Å²) in [5, 5.41) is 0. The Morgan fingerprint density at radius 2 is 0.763 bits per heavy atom. The second-order valence-corrected chi connectivity index (χ2v) is 11.5. The molecule has 0 N–H and O–H groups in total. The van der Waals surface area contributed by atoms with Crippen LogP contribution in [0.2, 0.25) is 0 Å². The van der Waals surface area contributed by atoms with Gasteiger partial charge in [-0.2, -0.15) is 0 Å². The van der Waals surface area contributed by atoms with Gasteiger partial charge in [0, 0.05) is 6.21 Å². The van der Waals surface area contributed by atoms with Crippen molar-refractivity contribution in [2.75, 3.05) is 0 Å². The second kappa shape index (κ2) is 23.0. The lowest BCUT2D eigenvalue weighted by Gasteiger charge is -2.04. The molecule has 212 valence electrons. The van der Waals surface area contributed by atoms with Crippen molar-refractivity contribution in [1.82, 2.24) is 0 Å². The molecule has 0 aliphatic rings. The summed E-state index contributed by atoms with van der Waals surface area (Å²) in [7, 11) is 0. The van der Waals surface area contributed by atoms with Crippen LogP contribution < -0.4 is 0 Å². The first kappa shape index (κ1) is 32.3. The molecular weight excluding hydrogens is 458 g/mol. The Kier molecular flexibility index (Phi) is 19.6. The summed E-state index contributed by atoms with van der Waals surface area (Å²) in [4.78, 5) is 4.70. The first-order valence-electron chi connectivity index (χ1n) is 16.5. The van der Waals surface area contributed by atoms with Gasteiger partial charge in [-0.1, -0.05) is 166 Å². The summed E-state index contributed by atoms with van der Waals surface area (Å²) in [5.74, 6) is 0. The number of unbranched alkanes of at least 4 members (excludes halogenated alkanes) is 18. The molecule has 0 radical (unpaired) electrons. The van der Waals surface area contributed by atoms with E-state index in [9.17, 15) is 0 Å². The number of hydrogen-bond donors (Lipinski definition) is 0. The lowest BCUT2D eigenvalue weighted by Crippen LogP contribution is -1.88. The van der Waals surface area contributed by atoms with Gasteiger partial charge < -0.3 is 0 Å². The maximum Gasteiger partial charge on any atom is 0.0630 e. The molecule has 38 heavy (non-hydrogen) atoms. The SMILES string of the molecule is CCCCCCCCCCCCCCCCc1ccc(N=Cc2ccc(CCCCCCCC)cc2)cc1. The van der Waals surface area contributed by atoms with Gasteiger partial charge in [-0.05, 0) is 54.5 Å². The fourth-order valence-corrected chi connectivity index (χ4v) is 5.30. The Bertz CT molecular complexity index is 802. The largest absolute Gasteiger partial charge is 0.256 e. The molecule has 0 heterocycles. The first-order valence-corrected chi connectivity index (χ1v) is 16.5. The molecule has 0 saturated carbocycles. The zero-order valence-corrected chi connectivity index (χ0v) is 25.2. The molecule has 1 heteroatoms. The summed E-state index contributed by atoms with van der Waals surface area (Å²) in [6, 6.07) is 17.8. The maximum atomic E-state index is 4.70. The number of hydrogen-bond acceptors (Lipinski definition) is 1. The minimum Gasteiger partial charge on any atom is -0.256 e. The van der Waals surface area contributed by atoms with E-state index in [4.69, 9.17) is 4.99 Å². The van der Waals surface area contributed by atoms with Crippen LogP contribution in [0.25, 0.3) is 0 Å². The normalized spacial score (nSPS) is 11.5. The van der Waals surface area contributed by atoms with Gasteiger partial charge in [0.15, 0.2) is 0 Å². The van der Waals surface area contributed by atoms with Crippen LogP contribution in [0.15, 0.2) is 53.5 Å². The van der Waals surface area contributed by atoms with Crippen molar-refractivity contribution < 1.29 is 0 Å². The van der Waals surface area contributed by atoms with E-state index in [1.807, 2.05) is 6.21 Å². The Labute approximate surface area is 237 Å². The Morgan fingerprint density at radius 3 is 1.16 bits per heavy atom. The van der Waals surface area contributed by atoms with Crippen molar-refractivity contribution in [2.45, 2.75) is 155 Å². The summed E-state index contributed by atoms with van der Waals surface area (Å²) in [5.41, 5.74) is 5.13. The predicted molar refractivity (Wildman–Crippen MR) is 171 cm³/mol. The lowest BCUT2D eigenvalue weighted by atomic mass is 10.0. The minimum absolute atomic E-state index is 1.05. The van der Waals surface area contributed by atoms with Crippen LogP contribution in [-0.2, 0) is 12.8 Å². The molecule has 0 atom stereocenters. The van der Waals surface area contributed by atoms with Crippen molar-refractivity contribution in [1.29, 1.82) is 0 Å². The quantitative estimate of drug-likeness (QED) is 0.0969. The Balaban J connectivity index is 1.49. The van der Waals surface area contributed by atoms with E-state index < -0.39 is 0 Å². The number of rotatable bonds is 24. The smallest absolute Gasteiger partial charge is 0.0630 e. The van der Waals surface area contributed by atoms with Crippen molar-refractivity contribution in [3.63, 3.8) is 0 Å². The molecule has 0 aromatic heterocycles. The van der Waals surface area contributed by atoms with Crippen LogP contribution in [0.4, 0.5) is 5.69 Å². The van der Waals surface area contributed by atoms with Crippen LogP contribution in [0.5, 0.6) is 0 Å². The van der Waals surface area contributed by atoms with E-state index in [1.54, 1.807) is 0 Å². The van der Waals surface area contributed by atoms with Crippen LogP contribution in [0.1, 0.15) is 159 Å². The number of aliphatic imine (C=N–C) groups is 1. The molecule has 2 rings (SSSR count). The molecule has 2 aromatic carbocycles. The monoisotopic (exact) mass is 517 g/mol.